The van der Waals surface area contributed by atoms with Crippen LogP contribution in [0.5, 0.6) is 0 Å². The summed E-state index contributed by atoms with van der Waals surface area (Å²) in [6.07, 6.45) is 4.11. The number of rotatable bonds is 7. The Morgan fingerprint density at radius 1 is 1.12 bits per heavy atom. The first-order valence-corrected chi connectivity index (χ1v) is 7.69. The van der Waals surface area contributed by atoms with Gasteiger partial charge in [-0.05, 0) is 36.4 Å². The number of hydrogen-bond donors (Lipinski definition) is 4. The van der Waals surface area contributed by atoms with E-state index in [2.05, 4.69) is 10.3 Å². The van der Waals surface area contributed by atoms with E-state index in [4.69, 9.17) is 15.9 Å². The highest BCUT2D eigenvalue weighted by Gasteiger charge is 2.13. The number of ketones is 1. The van der Waals surface area contributed by atoms with Crippen molar-refractivity contribution in [3.8, 4) is 0 Å². The first-order valence-electron chi connectivity index (χ1n) is 7.69. The van der Waals surface area contributed by atoms with Crippen molar-refractivity contribution in [3.63, 3.8) is 0 Å². The molecule has 2 amide bonds. The number of aliphatic hydroxyl groups excluding tert-OH is 2. The molecule has 0 unspecified atom stereocenters. The van der Waals surface area contributed by atoms with Gasteiger partial charge in [-0.2, -0.15) is 0 Å². The van der Waals surface area contributed by atoms with Crippen molar-refractivity contribution >= 4 is 28.9 Å². The molecule has 8 heteroatoms. The van der Waals surface area contributed by atoms with Crippen LogP contribution in [0.2, 0.25) is 0 Å². The molecule has 1 aliphatic carbocycles. The van der Waals surface area contributed by atoms with E-state index in [0.717, 1.165) is 5.69 Å². The zero-order valence-electron chi connectivity index (χ0n) is 13.6. The highest BCUT2D eigenvalue weighted by atomic mass is 16.3. The number of anilines is 1. The molecule has 0 fully saturated rings. The number of hydrogen-bond acceptors (Lipinski definition) is 6. The summed E-state index contributed by atoms with van der Waals surface area (Å²) in [5.74, 6) is -0.262. The number of benzene rings is 1. The Balaban J connectivity index is 2.22. The fraction of sp³-hybridized carbons (Fsp3) is 0.235. The molecular formula is C17H20N4O4. The zero-order valence-corrected chi connectivity index (χ0v) is 13.6. The SMILES string of the molecule is NC(=O)NC1=CC(=O)C=CC1=Nc1ccc(N(CCO)CCO)cc1. The van der Waals surface area contributed by atoms with Gasteiger partial charge < -0.3 is 26.2 Å². The van der Waals surface area contributed by atoms with Gasteiger partial charge in [0.15, 0.2) is 5.78 Å². The minimum absolute atomic E-state index is 0.0180. The van der Waals surface area contributed by atoms with Gasteiger partial charge in [-0.25, -0.2) is 9.79 Å². The average molecular weight is 344 g/mol. The van der Waals surface area contributed by atoms with E-state index in [0.29, 0.717) is 24.5 Å². The number of nitrogens with one attached hydrogen (secondary N) is 1. The standard InChI is InChI=1S/C17H20N4O4/c18-17(25)20-16-11-14(24)5-6-15(16)19-12-1-3-13(4-2-12)21(7-9-22)8-10-23/h1-6,11,22-23H,7-10H2,(H3,18,20,25). The highest BCUT2D eigenvalue weighted by Crippen LogP contribution is 2.21. The molecule has 0 saturated heterocycles. The summed E-state index contributed by atoms with van der Waals surface area (Å²) in [6.45, 7) is 0.787. The van der Waals surface area contributed by atoms with Crippen molar-refractivity contribution in [1.29, 1.82) is 0 Å². The van der Waals surface area contributed by atoms with E-state index in [1.54, 1.807) is 12.1 Å². The molecule has 1 aromatic carbocycles. The predicted molar refractivity (Wildman–Crippen MR) is 94.9 cm³/mol. The summed E-state index contributed by atoms with van der Waals surface area (Å²) in [5.41, 5.74) is 7.21. The molecule has 0 spiro atoms. The number of primary amides is 1. The minimum Gasteiger partial charge on any atom is -0.395 e. The molecule has 132 valence electrons. The number of urea groups is 1. The lowest BCUT2D eigenvalue weighted by Gasteiger charge is -2.22. The van der Waals surface area contributed by atoms with E-state index in [9.17, 15) is 9.59 Å². The summed E-state index contributed by atoms with van der Waals surface area (Å²) in [4.78, 5) is 28.7. The van der Waals surface area contributed by atoms with Gasteiger partial charge in [0.1, 0.15) is 0 Å². The number of allylic oxidation sites excluding steroid dienone is 3. The van der Waals surface area contributed by atoms with Crippen molar-refractivity contribution in [2.24, 2.45) is 10.7 Å². The Bertz CT molecular complexity index is 717. The van der Waals surface area contributed by atoms with Gasteiger partial charge in [0, 0.05) is 24.9 Å². The molecule has 8 nitrogen and oxygen atoms in total. The molecule has 0 heterocycles. The molecule has 0 aliphatic heterocycles. The number of aliphatic imine (C=N–C) groups is 1. The molecule has 0 bridgehead atoms. The van der Waals surface area contributed by atoms with E-state index in [1.807, 2.05) is 17.0 Å². The normalized spacial score (nSPS) is 15.2. The van der Waals surface area contributed by atoms with Crippen LogP contribution in [-0.2, 0) is 4.79 Å². The van der Waals surface area contributed by atoms with Gasteiger partial charge in [-0.3, -0.25) is 4.79 Å². The van der Waals surface area contributed by atoms with Crippen LogP contribution in [0.25, 0.3) is 0 Å². The van der Waals surface area contributed by atoms with Gasteiger partial charge in [0.2, 0.25) is 0 Å². The lowest BCUT2D eigenvalue weighted by atomic mass is 10.1. The summed E-state index contributed by atoms with van der Waals surface area (Å²) in [6, 6.07) is 6.37. The third-order valence-corrected chi connectivity index (χ3v) is 3.43. The van der Waals surface area contributed by atoms with Crippen molar-refractivity contribution in [2.75, 3.05) is 31.2 Å². The molecule has 2 rings (SSSR count). The number of carbonyl (C=O) groups excluding carboxylic acids is 2. The van der Waals surface area contributed by atoms with Crippen molar-refractivity contribution in [2.45, 2.75) is 0 Å². The fourth-order valence-electron chi connectivity index (χ4n) is 2.33. The van der Waals surface area contributed by atoms with Crippen molar-refractivity contribution in [1.82, 2.24) is 5.32 Å². The monoisotopic (exact) mass is 344 g/mol. The summed E-state index contributed by atoms with van der Waals surface area (Å²) >= 11 is 0. The van der Waals surface area contributed by atoms with Crippen LogP contribution in [-0.4, -0.2) is 54.0 Å². The molecule has 25 heavy (non-hydrogen) atoms. The Hall–Kier alpha value is -2.97. The second-order valence-corrected chi connectivity index (χ2v) is 5.23. The molecule has 1 aliphatic rings. The quantitative estimate of drug-likeness (QED) is 0.527. The van der Waals surface area contributed by atoms with Gasteiger partial charge in [-0.1, -0.05) is 0 Å². The largest absolute Gasteiger partial charge is 0.395 e. The number of aliphatic hydroxyl groups is 2. The van der Waals surface area contributed by atoms with Gasteiger partial charge in [-0.15, -0.1) is 0 Å². The Morgan fingerprint density at radius 3 is 2.32 bits per heavy atom. The van der Waals surface area contributed by atoms with E-state index in [-0.39, 0.29) is 24.7 Å². The van der Waals surface area contributed by atoms with Gasteiger partial charge >= 0.3 is 6.03 Å². The summed E-state index contributed by atoms with van der Waals surface area (Å²) in [7, 11) is 0. The fourth-order valence-corrected chi connectivity index (χ4v) is 2.33. The maximum atomic E-state index is 11.4. The molecule has 0 atom stereocenters. The summed E-state index contributed by atoms with van der Waals surface area (Å²) in [5, 5.41) is 20.6. The third-order valence-electron chi connectivity index (χ3n) is 3.43. The van der Waals surface area contributed by atoms with Crippen LogP contribution in [0.4, 0.5) is 16.2 Å². The first-order chi connectivity index (χ1) is 12.0. The molecule has 5 N–H and O–H groups in total. The third kappa shape index (κ3) is 5.27. The van der Waals surface area contributed by atoms with E-state index in [1.165, 1.54) is 18.2 Å². The van der Waals surface area contributed by atoms with Crippen LogP contribution in [0, 0.1) is 0 Å². The zero-order chi connectivity index (χ0) is 18.2. The maximum absolute atomic E-state index is 11.4. The van der Waals surface area contributed by atoms with Crippen LogP contribution < -0.4 is 16.0 Å². The van der Waals surface area contributed by atoms with Crippen molar-refractivity contribution < 1.29 is 19.8 Å². The Morgan fingerprint density at radius 2 is 1.76 bits per heavy atom. The number of nitrogens with two attached hydrogens (primary N) is 1. The first kappa shape index (κ1) is 18.4. The molecule has 0 saturated carbocycles. The van der Waals surface area contributed by atoms with Crippen LogP contribution in [0.1, 0.15) is 0 Å². The highest BCUT2D eigenvalue weighted by molar-refractivity contribution is 6.21. The Kier molecular flexibility index (Phi) is 6.44. The van der Waals surface area contributed by atoms with Gasteiger partial charge in [0.25, 0.3) is 0 Å². The van der Waals surface area contributed by atoms with E-state index < -0.39 is 6.03 Å². The van der Waals surface area contributed by atoms with Gasteiger partial charge in [0.05, 0.1) is 30.3 Å². The topological polar surface area (TPSA) is 128 Å². The number of nitrogens with zero attached hydrogens (tertiary/aromatic N) is 2. The second-order valence-electron chi connectivity index (χ2n) is 5.23. The maximum Gasteiger partial charge on any atom is 0.316 e. The second kappa shape index (κ2) is 8.76. The minimum atomic E-state index is -0.777. The molecule has 1 aromatic rings. The van der Waals surface area contributed by atoms with Crippen molar-refractivity contribution in [3.05, 3.63) is 48.2 Å². The molecular weight excluding hydrogens is 324 g/mol. The van der Waals surface area contributed by atoms with E-state index >= 15 is 0 Å². The number of carbonyl (C=O) groups is 2. The van der Waals surface area contributed by atoms with Crippen LogP contribution in [0.15, 0.2) is 53.2 Å². The average Bonchev–Trinajstić information content (AvgIpc) is 2.57. The Labute approximate surface area is 145 Å². The van der Waals surface area contributed by atoms with Crippen LogP contribution >= 0.6 is 0 Å². The lowest BCUT2D eigenvalue weighted by Crippen LogP contribution is -2.33. The molecule has 0 radical (unpaired) electrons. The lowest BCUT2D eigenvalue weighted by molar-refractivity contribution is -0.110. The predicted octanol–water partition coefficient (Wildman–Crippen LogP) is 0.241. The molecule has 0 aromatic heterocycles. The van der Waals surface area contributed by atoms with Crippen LogP contribution in [0.3, 0.4) is 0 Å². The summed E-state index contributed by atoms with van der Waals surface area (Å²) < 4.78 is 0. The smallest absolute Gasteiger partial charge is 0.316 e. The number of amides is 2.